The average molecular weight is 260 g/mol. The van der Waals surface area contributed by atoms with Crippen molar-refractivity contribution in [1.82, 2.24) is 10.3 Å². The van der Waals surface area contributed by atoms with Crippen LogP contribution in [0.4, 0.5) is 0 Å². The molecule has 0 bridgehead atoms. The van der Waals surface area contributed by atoms with E-state index in [1.165, 1.54) is 0 Å². The van der Waals surface area contributed by atoms with E-state index in [0.717, 1.165) is 28.9 Å². The van der Waals surface area contributed by atoms with Crippen molar-refractivity contribution in [2.24, 2.45) is 0 Å². The normalized spacial score (nSPS) is 12.6. The summed E-state index contributed by atoms with van der Waals surface area (Å²) in [7, 11) is 3.59. The highest BCUT2D eigenvalue weighted by Gasteiger charge is 2.10. The Hall–Kier alpha value is -1.65. The fourth-order valence-electron chi connectivity index (χ4n) is 2.05. The molecule has 0 saturated carbocycles. The zero-order valence-electron chi connectivity index (χ0n) is 11.6. The minimum absolute atomic E-state index is 0.0123. The van der Waals surface area contributed by atoms with Crippen molar-refractivity contribution >= 4 is 10.9 Å². The first-order chi connectivity index (χ1) is 9.24. The Balaban J connectivity index is 2.38. The Morgan fingerprint density at radius 3 is 2.84 bits per heavy atom. The highest BCUT2D eigenvalue weighted by molar-refractivity contribution is 5.85. The third-order valence-electron chi connectivity index (χ3n) is 2.82. The molecule has 19 heavy (non-hydrogen) atoms. The number of rotatable bonds is 6. The number of hydrogen-bond acceptors (Lipinski definition) is 4. The van der Waals surface area contributed by atoms with Gasteiger partial charge in [-0.15, -0.1) is 0 Å². The predicted octanol–water partition coefficient (Wildman–Crippen LogP) is 2.37. The largest absolute Gasteiger partial charge is 0.488 e. The molecule has 0 aliphatic heterocycles. The fraction of sp³-hybridized carbons (Fsp3) is 0.400. The second-order valence-electron chi connectivity index (χ2n) is 4.54. The summed E-state index contributed by atoms with van der Waals surface area (Å²) in [6.45, 7) is 3.29. The van der Waals surface area contributed by atoms with Crippen LogP contribution in [0.3, 0.4) is 0 Å². The van der Waals surface area contributed by atoms with Gasteiger partial charge in [-0.2, -0.15) is 0 Å². The van der Waals surface area contributed by atoms with Crippen LogP contribution in [-0.4, -0.2) is 31.9 Å². The molecule has 2 aromatic rings. The van der Waals surface area contributed by atoms with Gasteiger partial charge in [0.15, 0.2) is 0 Å². The quantitative estimate of drug-likeness (QED) is 0.866. The van der Waals surface area contributed by atoms with Gasteiger partial charge in [0.2, 0.25) is 0 Å². The number of nitrogens with one attached hydrogen (secondary N) is 1. The van der Waals surface area contributed by atoms with Gasteiger partial charge in [0.1, 0.15) is 11.9 Å². The smallest absolute Gasteiger partial charge is 0.131 e. The van der Waals surface area contributed by atoms with Crippen LogP contribution >= 0.6 is 0 Å². The Morgan fingerprint density at radius 2 is 2.11 bits per heavy atom. The van der Waals surface area contributed by atoms with Crippen molar-refractivity contribution in [3.63, 3.8) is 0 Å². The summed E-state index contributed by atoms with van der Waals surface area (Å²) in [5, 5.41) is 4.14. The summed E-state index contributed by atoms with van der Waals surface area (Å²) < 4.78 is 11.1. The Labute approximate surface area is 113 Å². The maximum Gasteiger partial charge on any atom is 0.131 e. The lowest BCUT2D eigenvalue weighted by Gasteiger charge is -2.16. The van der Waals surface area contributed by atoms with Crippen molar-refractivity contribution in [1.29, 1.82) is 0 Å². The Morgan fingerprint density at radius 1 is 1.32 bits per heavy atom. The number of para-hydroxylation sites is 1. The first-order valence-corrected chi connectivity index (χ1v) is 6.43. The molecule has 4 heteroatoms. The number of nitrogens with zero attached hydrogens (tertiary/aromatic N) is 1. The second-order valence-corrected chi connectivity index (χ2v) is 4.54. The molecule has 0 aliphatic carbocycles. The van der Waals surface area contributed by atoms with Crippen LogP contribution in [-0.2, 0) is 11.3 Å². The molecule has 1 aromatic carbocycles. The van der Waals surface area contributed by atoms with Crippen molar-refractivity contribution in [2.75, 3.05) is 20.8 Å². The van der Waals surface area contributed by atoms with Gasteiger partial charge in [-0.05, 0) is 26.1 Å². The summed E-state index contributed by atoms with van der Waals surface area (Å²) in [5.74, 6) is 0.861. The number of fused-ring (bicyclic) bond motifs is 1. The predicted molar refractivity (Wildman–Crippen MR) is 76.5 cm³/mol. The molecule has 0 saturated heterocycles. The topological polar surface area (TPSA) is 43.4 Å². The van der Waals surface area contributed by atoms with Crippen molar-refractivity contribution in [3.8, 4) is 5.75 Å². The molecule has 1 heterocycles. The van der Waals surface area contributed by atoms with E-state index < -0.39 is 0 Å². The van der Waals surface area contributed by atoms with E-state index in [-0.39, 0.29) is 6.10 Å². The van der Waals surface area contributed by atoms with Gasteiger partial charge in [0.25, 0.3) is 0 Å². The lowest BCUT2D eigenvalue weighted by Crippen LogP contribution is -2.18. The van der Waals surface area contributed by atoms with E-state index in [0.29, 0.717) is 6.61 Å². The van der Waals surface area contributed by atoms with E-state index >= 15 is 0 Å². The van der Waals surface area contributed by atoms with E-state index in [1.54, 1.807) is 7.11 Å². The minimum Gasteiger partial charge on any atom is -0.488 e. The van der Waals surface area contributed by atoms with Gasteiger partial charge < -0.3 is 14.8 Å². The minimum atomic E-state index is 0.0123. The summed E-state index contributed by atoms with van der Waals surface area (Å²) in [4.78, 5) is 4.61. The fourth-order valence-corrected chi connectivity index (χ4v) is 2.05. The molecule has 1 unspecified atom stereocenters. The lowest BCUT2D eigenvalue weighted by atomic mass is 10.1. The molecule has 0 aliphatic rings. The van der Waals surface area contributed by atoms with Crippen LogP contribution in [0, 0.1) is 0 Å². The standard InChI is InChI=1S/C15H20N2O2/c1-11(10-18-3)19-15-8-12(9-16-2)17-14-7-5-4-6-13(14)15/h4-8,11,16H,9-10H2,1-3H3. The molecule has 2 rings (SSSR count). The van der Waals surface area contributed by atoms with Crippen molar-refractivity contribution in [3.05, 3.63) is 36.0 Å². The van der Waals surface area contributed by atoms with E-state index in [9.17, 15) is 0 Å². The maximum atomic E-state index is 5.96. The zero-order chi connectivity index (χ0) is 13.7. The van der Waals surface area contributed by atoms with Gasteiger partial charge in [0, 0.05) is 25.1 Å². The van der Waals surface area contributed by atoms with Gasteiger partial charge in [-0.25, -0.2) is 0 Å². The number of ether oxygens (including phenoxy) is 2. The number of hydrogen-bond donors (Lipinski definition) is 1. The van der Waals surface area contributed by atoms with Crippen LogP contribution in [0.1, 0.15) is 12.6 Å². The van der Waals surface area contributed by atoms with E-state index in [1.807, 2.05) is 44.3 Å². The van der Waals surface area contributed by atoms with Crippen LogP contribution in [0.15, 0.2) is 30.3 Å². The second kappa shape index (κ2) is 6.50. The molecule has 102 valence electrons. The van der Waals surface area contributed by atoms with Crippen LogP contribution in [0.25, 0.3) is 10.9 Å². The van der Waals surface area contributed by atoms with Gasteiger partial charge >= 0.3 is 0 Å². The first-order valence-electron chi connectivity index (χ1n) is 6.43. The van der Waals surface area contributed by atoms with Gasteiger partial charge in [-0.1, -0.05) is 12.1 Å². The number of pyridine rings is 1. The molecular formula is C15H20N2O2. The first kappa shape index (κ1) is 13.8. The average Bonchev–Trinajstić information content (AvgIpc) is 2.39. The lowest BCUT2D eigenvalue weighted by molar-refractivity contribution is 0.0930. The molecule has 0 fully saturated rings. The summed E-state index contributed by atoms with van der Waals surface area (Å²) in [6.07, 6.45) is 0.0123. The van der Waals surface area contributed by atoms with Crippen molar-refractivity contribution < 1.29 is 9.47 Å². The molecule has 0 spiro atoms. The van der Waals surface area contributed by atoms with Crippen LogP contribution < -0.4 is 10.1 Å². The third-order valence-corrected chi connectivity index (χ3v) is 2.82. The molecular weight excluding hydrogens is 240 g/mol. The van der Waals surface area contributed by atoms with Crippen LogP contribution in [0.5, 0.6) is 5.75 Å². The highest BCUT2D eigenvalue weighted by Crippen LogP contribution is 2.26. The van der Waals surface area contributed by atoms with Gasteiger partial charge in [-0.3, -0.25) is 4.98 Å². The third kappa shape index (κ3) is 3.43. The summed E-state index contributed by atoms with van der Waals surface area (Å²) >= 11 is 0. The number of aromatic nitrogens is 1. The summed E-state index contributed by atoms with van der Waals surface area (Å²) in [6, 6.07) is 10.0. The molecule has 1 atom stereocenters. The number of benzene rings is 1. The van der Waals surface area contributed by atoms with Crippen molar-refractivity contribution in [2.45, 2.75) is 19.6 Å². The highest BCUT2D eigenvalue weighted by atomic mass is 16.5. The summed E-state index contributed by atoms with van der Waals surface area (Å²) in [5.41, 5.74) is 1.93. The molecule has 4 nitrogen and oxygen atoms in total. The monoisotopic (exact) mass is 260 g/mol. The number of methoxy groups -OCH3 is 1. The molecule has 1 N–H and O–H groups in total. The van der Waals surface area contributed by atoms with E-state index in [2.05, 4.69) is 10.3 Å². The molecule has 1 aromatic heterocycles. The molecule has 0 radical (unpaired) electrons. The molecule has 0 amide bonds. The zero-order valence-corrected chi connectivity index (χ0v) is 11.6. The Kier molecular flexibility index (Phi) is 4.71. The Bertz CT molecular complexity index is 543. The maximum absolute atomic E-state index is 5.96. The van der Waals surface area contributed by atoms with Gasteiger partial charge in [0.05, 0.1) is 17.8 Å². The van der Waals surface area contributed by atoms with Crippen LogP contribution in [0.2, 0.25) is 0 Å². The van der Waals surface area contributed by atoms with E-state index in [4.69, 9.17) is 9.47 Å². The SMILES string of the molecule is CNCc1cc(OC(C)COC)c2ccccc2n1.